The number of nitrogens with zero attached hydrogens (tertiary/aromatic N) is 1. The maximum Gasteiger partial charge on any atom is 0.139 e. The largest absolute Gasteiger partial charge is 0.507 e. The number of Topliss-reactive ketones (excluding diaryl/α,β-unsaturated/α-hetero) is 1. The van der Waals surface area contributed by atoms with Crippen molar-refractivity contribution >= 4 is 11.5 Å². The molecule has 2 unspecified atom stereocenters. The Balaban J connectivity index is 1.75. The maximum atomic E-state index is 13.5. The highest BCUT2D eigenvalue weighted by atomic mass is 16.3. The van der Waals surface area contributed by atoms with Crippen molar-refractivity contribution < 1.29 is 9.90 Å². The quantitative estimate of drug-likeness (QED) is 0.716. The molecule has 0 aliphatic heterocycles. The maximum absolute atomic E-state index is 13.5. The Labute approximate surface area is 175 Å². The fraction of sp³-hybridized carbons (Fsp3) is 0.500. The van der Waals surface area contributed by atoms with Crippen LogP contribution < -0.4 is 4.90 Å². The van der Waals surface area contributed by atoms with E-state index in [9.17, 15) is 9.90 Å². The third-order valence-electron chi connectivity index (χ3n) is 6.38. The van der Waals surface area contributed by atoms with E-state index in [1.807, 2.05) is 40.1 Å². The number of hydrogen-bond acceptors (Lipinski definition) is 3. The van der Waals surface area contributed by atoms with Crippen LogP contribution in [0.5, 0.6) is 5.75 Å². The Bertz CT molecular complexity index is 815. The monoisotopic (exact) mass is 393 g/mol. The van der Waals surface area contributed by atoms with E-state index in [1.54, 1.807) is 0 Å². The van der Waals surface area contributed by atoms with E-state index >= 15 is 0 Å². The van der Waals surface area contributed by atoms with Gasteiger partial charge in [0.1, 0.15) is 11.5 Å². The van der Waals surface area contributed by atoms with Crippen molar-refractivity contribution in [2.24, 2.45) is 11.8 Å². The van der Waals surface area contributed by atoms with Gasteiger partial charge in [0.05, 0.1) is 0 Å². The van der Waals surface area contributed by atoms with Gasteiger partial charge in [-0.15, -0.1) is 0 Å². The number of ketones is 1. The Morgan fingerprint density at radius 1 is 0.862 bits per heavy atom. The van der Waals surface area contributed by atoms with Gasteiger partial charge in [-0.05, 0) is 73.9 Å². The molecule has 29 heavy (non-hydrogen) atoms. The van der Waals surface area contributed by atoms with Crippen molar-refractivity contribution in [3.8, 4) is 5.75 Å². The first-order valence-electron chi connectivity index (χ1n) is 10.9. The number of rotatable bonds is 5. The van der Waals surface area contributed by atoms with Gasteiger partial charge in [0.15, 0.2) is 0 Å². The molecular weight excluding hydrogens is 358 g/mol. The predicted molar refractivity (Wildman–Crippen MR) is 121 cm³/mol. The highest BCUT2D eigenvalue weighted by Crippen LogP contribution is 2.31. The first-order chi connectivity index (χ1) is 13.8. The summed E-state index contributed by atoms with van der Waals surface area (Å²) in [7, 11) is 4.09. The van der Waals surface area contributed by atoms with Crippen LogP contribution in [0.15, 0.2) is 36.4 Å². The molecule has 3 heteroatoms. The van der Waals surface area contributed by atoms with Crippen molar-refractivity contribution in [3.05, 3.63) is 58.7 Å². The lowest BCUT2D eigenvalue weighted by Crippen LogP contribution is -2.28. The number of carbonyl (C=O) groups excluding carboxylic acids is 1. The highest BCUT2D eigenvalue weighted by molar-refractivity contribution is 5.84. The minimum Gasteiger partial charge on any atom is -0.507 e. The summed E-state index contributed by atoms with van der Waals surface area (Å²) < 4.78 is 0. The van der Waals surface area contributed by atoms with Crippen molar-refractivity contribution in [2.45, 2.75) is 58.8 Å². The van der Waals surface area contributed by atoms with Crippen LogP contribution in [0.2, 0.25) is 0 Å². The summed E-state index contributed by atoms with van der Waals surface area (Å²) in [6, 6.07) is 12.7. The Hall–Kier alpha value is -2.29. The van der Waals surface area contributed by atoms with Crippen LogP contribution in [-0.2, 0) is 17.6 Å². The fourth-order valence-electron chi connectivity index (χ4n) is 4.64. The zero-order chi connectivity index (χ0) is 21.0. The van der Waals surface area contributed by atoms with Gasteiger partial charge in [0.2, 0.25) is 0 Å². The van der Waals surface area contributed by atoms with Crippen LogP contribution in [0.4, 0.5) is 5.69 Å². The van der Waals surface area contributed by atoms with Crippen LogP contribution in [0.1, 0.15) is 54.4 Å². The van der Waals surface area contributed by atoms with E-state index in [1.165, 1.54) is 23.2 Å². The van der Waals surface area contributed by atoms with E-state index < -0.39 is 0 Å². The van der Waals surface area contributed by atoms with E-state index in [0.29, 0.717) is 11.5 Å². The van der Waals surface area contributed by atoms with Crippen molar-refractivity contribution in [2.75, 3.05) is 19.0 Å². The molecule has 0 amide bonds. The molecule has 0 spiro atoms. The third-order valence-corrected chi connectivity index (χ3v) is 6.38. The van der Waals surface area contributed by atoms with Crippen LogP contribution in [0, 0.1) is 25.7 Å². The first-order valence-corrected chi connectivity index (χ1v) is 10.9. The minimum absolute atomic E-state index is 0.0877. The van der Waals surface area contributed by atoms with Crippen LogP contribution in [-0.4, -0.2) is 25.0 Å². The predicted octanol–water partition coefficient (Wildman–Crippen LogP) is 5.63. The Morgan fingerprint density at radius 2 is 1.38 bits per heavy atom. The standard InChI is InChI=1S/C26H35NO2/c1-18-14-21(15-19(2)25(18)28)17-23-9-7-5-6-8-22(26(23)29)16-20-10-12-24(13-11-20)27(3)4/h10-15,22-23,28H,5-9,16-17H2,1-4H3. The summed E-state index contributed by atoms with van der Waals surface area (Å²) in [6.07, 6.45) is 7.11. The fourth-order valence-corrected chi connectivity index (χ4v) is 4.64. The van der Waals surface area contributed by atoms with Gasteiger partial charge in [-0.25, -0.2) is 0 Å². The van der Waals surface area contributed by atoms with E-state index in [0.717, 1.165) is 49.7 Å². The zero-order valence-electron chi connectivity index (χ0n) is 18.4. The zero-order valence-corrected chi connectivity index (χ0v) is 18.4. The number of hydrogen-bond donors (Lipinski definition) is 1. The third kappa shape index (κ3) is 5.41. The van der Waals surface area contributed by atoms with Gasteiger partial charge < -0.3 is 10.0 Å². The molecule has 2 aromatic carbocycles. The summed E-state index contributed by atoms with van der Waals surface area (Å²) in [4.78, 5) is 15.6. The van der Waals surface area contributed by atoms with Gasteiger partial charge in [-0.2, -0.15) is 0 Å². The van der Waals surface area contributed by atoms with Crippen LogP contribution >= 0.6 is 0 Å². The van der Waals surface area contributed by atoms with Gasteiger partial charge in [-0.3, -0.25) is 4.79 Å². The van der Waals surface area contributed by atoms with Crippen molar-refractivity contribution in [1.82, 2.24) is 0 Å². The molecule has 2 atom stereocenters. The highest BCUT2D eigenvalue weighted by Gasteiger charge is 2.28. The lowest BCUT2D eigenvalue weighted by Gasteiger charge is -2.26. The molecular formula is C26H35NO2. The number of benzene rings is 2. The molecule has 156 valence electrons. The van der Waals surface area contributed by atoms with E-state index in [-0.39, 0.29) is 11.8 Å². The molecule has 0 saturated heterocycles. The molecule has 1 saturated carbocycles. The number of phenols is 1. The molecule has 0 bridgehead atoms. The summed E-state index contributed by atoms with van der Waals surface area (Å²) in [5.74, 6) is 1.01. The average Bonchev–Trinajstić information content (AvgIpc) is 2.68. The first kappa shape index (κ1) is 21.4. The number of phenolic OH excluding ortho intramolecular Hbond substituents is 1. The van der Waals surface area contributed by atoms with Gasteiger partial charge in [0.25, 0.3) is 0 Å². The van der Waals surface area contributed by atoms with Gasteiger partial charge in [-0.1, -0.05) is 43.5 Å². The molecule has 2 aromatic rings. The molecule has 0 radical (unpaired) electrons. The number of aromatic hydroxyl groups is 1. The molecule has 1 N–H and O–H groups in total. The second kappa shape index (κ2) is 9.47. The molecule has 1 fully saturated rings. The summed E-state index contributed by atoms with van der Waals surface area (Å²) in [6.45, 7) is 3.87. The van der Waals surface area contributed by atoms with Crippen LogP contribution in [0.25, 0.3) is 0 Å². The van der Waals surface area contributed by atoms with Gasteiger partial charge in [0, 0.05) is 31.6 Å². The van der Waals surface area contributed by atoms with E-state index in [2.05, 4.69) is 29.2 Å². The van der Waals surface area contributed by atoms with E-state index in [4.69, 9.17) is 0 Å². The number of aryl methyl sites for hydroxylation is 2. The Morgan fingerprint density at radius 3 is 1.90 bits per heavy atom. The summed E-state index contributed by atoms with van der Waals surface area (Å²) >= 11 is 0. The molecule has 1 aliphatic carbocycles. The number of anilines is 1. The second-order valence-corrected chi connectivity index (χ2v) is 8.98. The smallest absolute Gasteiger partial charge is 0.139 e. The van der Waals surface area contributed by atoms with Crippen LogP contribution in [0.3, 0.4) is 0 Å². The molecule has 3 nitrogen and oxygen atoms in total. The summed E-state index contributed by atoms with van der Waals surface area (Å²) in [5, 5.41) is 10.1. The lowest BCUT2D eigenvalue weighted by atomic mass is 9.77. The molecule has 3 rings (SSSR count). The van der Waals surface area contributed by atoms with Crippen molar-refractivity contribution in [3.63, 3.8) is 0 Å². The lowest BCUT2D eigenvalue weighted by molar-refractivity contribution is -0.127. The normalized spacial score (nSPS) is 20.2. The van der Waals surface area contributed by atoms with Crippen molar-refractivity contribution in [1.29, 1.82) is 0 Å². The topological polar surface area (TPSA) is 40.5 Å². The SMILES string of the molecule is Cc1cc(CC2CCCCCC(Cc3ccc(N(C)C)cc3)C2=O)cc(C)c1O. The summed E-state index contributed by atoms with van der Waals surface area (Å²) in [5.41, 5.74) is 5.41. The number of carbonyl (C=O) groups is 1. The second-order valence-electron chi connectivity index (χ2n) is 8.98. The Kier molecular flexibility index (Phi) is 7.00. The van der Waals surface area contributed by atoms with Gasteiger partial charge >= 0.3 is 0 Å². The molecule has 0 aromatic heterocycles. The molecule has 0 heterocycles. The average molecular weight is 394 g/mol. The minimum atomic E-state index is 0.0877. The molecule has 1 aliphatic rings.